The first kappa shape index (κ1) is 14.2. The van der Waals surface area contributed by atoms with E-state index in [0.717, 1.165) is 34.5 Å². The third-order valence-corrected chi connectivity index (χ3v) is 3.69. The zero-order valence-electron chi connectivity index (χ0n) is 11.1. The van der Waals surface area contributed by atoms with Crippen molar-refractivity contribution < 1.29 is 4.39 Å². The van der Waals surface area contributed by atoms with Crippen molar-refractivity contribution in [3.8, 4) is 0 Å². The molecule has 102 valence electrons. The minimum absolute atomic E-state index is 0.213. The van der Waals surface area contributed by atoms with Crippen molar-refractivity contribution in [2.24, 2.45) is 0 Å². The summed E-state index contributed by atoms with van der Waals surface area (Å²) in [5, 5.41) is 7.71. The van der Waals surface area contributed by atoms with Gasteiger partial charge in [0, 0.05) is 24.1 Å². The van der Waals surface area contributed by atoms with E-state index in [4.69, 9.17) is 0 Å². The molecule has 1 heterocycles. The van der Waals surface area contributed by atoms with Gasteiger partial charge in [0.05, 0.1) is 11.4 Å². The Hall–Kier alpha value is -1.20. The van der Waals surface area contributed by atoms with Gasteiger partial charge in [-0.2, -0.15) is 5.10 Å². The topological polar surface area (TPSA) is 29.9 Å². The van der Waals surface area contributed by atoms with Crippen LogP contribution >= 0.6 is 15.9 Å². The number of hydrogen-bond acceptors (Lipinski definition) is 2. The second-order valence-corrected chi connectivity index (χ2v) is 5.29. The van der Waals surface area contributed by atoms with Crippen molar-refractivity contribution in [3.63, 3.8) is 0 Å². The molecular weight excluding hydrogens is 309 g/mol. The number of rotatable bonds is 5. The molecule has 5 heteroatoms. The molecule has 0 bridgehead atoms. The minimum atomic E-state index is -0.213. The maximum absolute atomic E-state index is 13.2. The molecule has 1 aromatic carbocycles. The monoisotopic (exact) mass is 325 g/mol. The van der Waals surface area contributed by atoms with Crippen LogP contribution in [0.25, 0.3) is 0 Å². The highest BCUT2D eigenvalue weighted by atomic mass is 79.9. The van der Waals surface area contributed by atoms with Crippen LogP contribution in [0.2, 0.25) is 0 Å². The van der Waals surface area contributed by atoms with E-state index in [-0.39, 0.29) is 5.82 Å². The summed E-state index contributed by atoms with van der Waals surface area (Å²) in [5.74, 6) is -0.213. The average molecular weight is 326 g/mol. The smallest absolute Gasteiger partial charge is 0.123 e. The number of halogens is 2. The summed E-state index contributed by atoms with van der Waals surface area (Å²) in [5.41, 5.74) is 3.08. The molecule has 3 nitrogen and oxygen atoms in total. The Morgan fingerprint density at radius 1 is 1.32 bits per heavy atom. The fraction of sp³-hybridized carbons (Fsp3) is 0.357. The van der Waals surface area contributed by atoms with E-state index in [1.165, 1.54) is 6.07 Å². The maximum atomic E-state index is 13.2. The summed E-state index contributed by atoms with van der Waals surface area (Å²) >= 11 is 3.42. The molecule has 2 rings (SSSR count). The first-order valence-corrected chi connectivity index (χ1v) is 7.07. The summed E-state index contributed by atoms with van der Waals surface area (Å²) in [4.78, 5) is 0. The van der Waals surface area contributed by atoms with E-state index in [1.54, 1.807) is 12.1 Å². The molecule has 0 radical (unpaired) electrons. The molecule has 0 aliphatic heterocycles. The predicted molar refractivity (Wildman–Crippen MR) is 77.3 cm³/mol. The molecule has 0 aliphatic rings. The lowest BCUT2D eigenvalue weighted by atomic mass is 10.2. The summed E-state index contributed by atoms with van der Waals surface area (Å²) in [6, 6.07) is 6.78. The fourth-order valence-electron chi connectivity index (χ4n) is 2.02. The highest BCUT2D eigenvalue weighted by Gasteiger charge is 2.05. The van der Waals surface area contributed by atoms with Gasteiger partial charge < -0.3 is 5.32 Å². The zero-order valence-corrected chi connectivity index (χ0v) is 12.7. The summed E-state index contributed by atoms with van der Waals surface area (Å²) in [6.07, 6.45) is 0. The number of nitrogens with zero attached hydrogens (tertiary/aromatic N) is 2. The largest absolute Gasteiger partial charge is 0.307 e. The number of aromatic nitrogens is 2. The first-order chi connectivity index (χ1) is 9.10. The summed E-state index contributed by atoms with van der Waals surface area (Å²) < 4.78 is 16.0. The Balaban J connectivity index is 1.98. The van der Waals surface area contributed by atoms with E-state index in [2.05, 4.69) is 39.3 Å². The Morgan fingerprint density at radius 2 is 2.11 bits per heavy atom. The van der Waals surface area contributed by atoms with Crippen LogP contribution in [-0.4, -0.2) is 9.78 Å². The summed E-state index contributed by atoms with van der Waals surface area (Å²) in [6.45, 7) is 6.25. The van der Waals surface area contributed by atoms with Crippen molar-refractivity contribution >= 4 is 15.9 Å². The number of hydrogen-bond donors (Lipinski definition) is 1. The van der Waals surface area contributed by atoms with Gasteiger partial charge >= 0.3 is 0 Å². The Morgan fingerprint density at radius 3 is 2.84 bits per heavy atom. The molecule has 0 saturated carbocycles. The molecule has 0 unspecified atom stereocenters. The van der Waals surface area contributed by atoms with Crippen molar-refractivity contribution in [1.82, 2.24) is 15.1 Å². The van der Waals surface area contributed by atoms with E-state index < -0.39 is 0 Å². The fourth-order valence-corrected chi connectivity index (χ4v) is 2.41. The average Bonchev–Trinajstić information content (AvgIpc) is 2.74. The third kappa shape index (κ3) is 3.64. The molecule has 2 aromatic rings. The lowest BCUT2D eigenvalue weighted by Gasteiger charge is -2.08. The molecule has 0 saturated heterocycles. The third-order valence-electron chi connectivity index (χ3n) is 2.91. The van der Waals surface area contributed by atoms with Gasteiger partial charge in [0.25, 0.3) is 0 Å². The number of nitrogens with one attached hydrogen (secondary N) is 1. The normalized spacial score (nSPS) is 10.9. The van der Waals surface area contributed by atoms with E-state index in [0.29, 0.717) is 6.54 Å². The van der Waals surface area contributed by atoms with Gasteiger partial charge in [-0.05, 0) is 43.7 Å². The van der Waals surface area contributed by atoms with Crippen LogP contribution in [0.3, 0.4) is 0 Å². The van der Waals surface area contributed by atoms with Crippen LogP contribution in [0.5, 0.6) is 0 Å². The molecule has 0 aliphatic carbocycles. The number of aryl methyl sites for hydroxylation is 2. The Kier molecular flexibility index (Phi) is 4.71. The van der Waals surface area contributed by atoms with Crippen LogP contribution in [0.1, 0.15) is 23.9 Å². The molecular formula is C14H17BrFN3. The first-order valence-electron chi connectivity index (χ1n) is 6.28. The van der Waals surface area contributed by atoms with E-state index in [1.807, 2.05) is 11.6 Å². The van der Waals surface area contributed by atoms with Gasteiger partial charge in [0.15, 0.2) is 0 Å². The summed E-state index contributed by atoms with van der Waals surface area (Å²) in [7, 11) is 0. The van der Waals surface area contributed by atoms with E-state index in [9.17, 15) is 4.39 Å². The van der Waals surface area contributed by atoms with Gasteiger partial charge in [-0.3, -0.25) is 4.68 Å². The van der Waals surface area contributed by atoms with Crippen LogP contribution in [0.15, 0.2) is 28.7 Å². The van der Waals surface area contributed by atoms with Gasteiger partial charge in [-0.1, -0.05) is 15.9 Å². The maximum Gasteiger partial charge on any atom is 0.123 e. The van der Waals surface area contributed by atoms with Crippen molar-refractivity contribution in [2.75, 3.05) is 0 Å². The van der Waals surface area contributed by atoms with Crippen LogP contribution < -0.4 is 5.32 Å². The quantitative estimate of drug-likeness (QED) is 0.913. The van der Waals surface area contributed by atoms with Crippen molar-refractivity contribution in [2.45, 2.75) is 33.5 Å². The van der Waals surface area contributed by atoms with Crippen molar-refractivity contribution in [3.05, 3.63) is 51.5 Å². The standard InChI is InChI=1S/C14H17BrFN3/c1-3-19-13(6-10(2)18-19)9-17-8-11-7-12(16)4-5-14(11)15/h4-7,17H,3,8-9H2,1-2H3. The van der Waals surface area contributed by atoms with Crippen LogP contribution in [0.4, 0.5) is 4.39 Å². The molecule has 0 fully saturated rings. The lowest BCUT2D eigenvalue weighted by Crippen LogP contribution is -2.16. The molecule has 19 heavy (non-hydrogen) atoms. The zero-order chi connectivity index (χ0) is 13.8. The number of benzene rings is 1. The Bertz CT molecular complexity index is 566. The van der Waals surface area contributed by atoms with E-state index >= 15 is 0 Å². The lowest BCUT2D eigenvalue weighted by molar-refractivity contribution is 0.576. The highest BCUT2D eigenvalue weighted by Crippen LogP contribution is 2.17. The van der Waals surface area contributed by atoms with Gasteiger partial charge in [0.1, 0.15) is 5.82 Å². The minimum Gasteiger partial charge on any atom is -0.307 e. The molecule has 0 atom stereocenters. The van der Waals surface area contributed by atoms with Crippen LogP contribution in [0, 0.1) is 12.7 Å². The molecule has 1 aromatic heterocycles. The predicted octanol–water partition coefficient (Wildman–Crippen LogP) is 3.40. The SMILES string of the molecule is CCn1nc(C)cc1CNCc1cc(F)ccc1Br. The van der Waals surface area contributed by atoms with Gasteiger partial charge in [-0.25, -0.2) is 4.39 Å². The second kappa shape index (κ2) is 6.30. The second-order valence-electron chi connectivity index (χ2n) is 4.43. The molecule has 0 amide bonds. The van der Waals surface area contributed by atoms with Crippen LogP contribution in [-0.2, 0) is 19.6 Å². The highest BCUT2D eigenvalue weighted by molar-refractivity contribution is 9.10. The van der Waals surface area contributed by atoms with Crippen molar-refractivity contribution in [1.29, 1.82) is 0 Å². The van der Waals surface area contributed by atoms with Gasteiger partial charge in [-0.15, -0.1) is 0 Å². The molecule has 1 N–H and O–H groups in total. The molecule has 0 spiro atoms. The Labute approximate surface area is 121 Å². The van der Waals surface area contributed by atoms with Gasteiger partial charge in [0.2, 0.25) is 0 Å².